The smallest absolute Gasteiger partial charge is 0.150 e. The SMILES string of the molecule is CCCC(C)COc1cc(C=O)ccc1C. The third-order valence-corrected chi connectivity index (χ3v) is 2.65. The first-order valence-corrected chi connectivity index (χ1v) is 5.86. The molecule has 0 aromatic heterocycles. The summed E-state index contributed by atoms with van der Waals surface area (Å²) in [6.45, 7) is 7.07. The highest BCUT2D eigenvalue weighted by Crippen LogP contribution is 2.20. The van der Waals surface area contributed by atoms with Gasteiger partial charge in [0.25, 0.3) is 0 Å². The number of carbonyl (C=O) groups is 1. The number of rotatable bonds is 6. The van der Waals surface area contributed by atoms with Crippen LogP contribution in [0.15, 0.2) is 18.2 Å². The second-order valence-electron chi connectivity index (χ2n) is 4.35. The zero-order valence-electron chi connectivity index (χ0n) is 10.3. The summed E-state index contributed by atoms with van der Waals surface area (Å²) in [5.41, 5.74) is 1.75. The molecular formula is C14H20O2. The van der Waals surface area contributed by atoms with E-state index in [9.17, 15) is 4.79 Å². The molecule has 0 bridgehead atoms. The second-order valence-corrected chi connectivity index (χ2v) is 4.35. The average Bonchev–Trinajstić information content (AvgIpc) is 2.28. The molecule has 0 radical (unpaired) electrons. The maximum Gasteiger partial charge on any atom is 0.150 e. The molecular weight excluding hydrogens is 200 g/mol. The first kappa shape index (κ1) is 12.8. The van der Waals surface area contributed by atoms with E-state index in [1.807, 2.05) is 19.1 Å². The van der Waals surface area contributed by atoms with Crippen LogP contribution in [-0.4, -0.2) is 12.9 Å². The summed E-state index contributed by atoms with van der Waals surface area (Å²) in [6, 6.07) is 5.54. The number of benzene rings is 1. The van der Waals surface area contributed by atoms with Gasteiger partial charge in [-0.2, -0.15) is 0 Å². The van der Waals surface area contributed by atoms with Crippen molar-refractivity contribution in [2.45, 2.75) is 33.6 Å². The molecule has 88 valence electrons. The number of aldehydes is 1. The molecule has 0 spiro atoms. The number of hydrogen-bond acceptors (Lipinski definition) is 2. The van der Waals surface area contributed by atoms with Crippen LogP contribution in [0.2, 0.25) is 0 Å². The van der Waals surface area contributed by atoms with E-state index in [0.29, 0.717) is 11.5 Å². The Balaban J connectivity index is 2.62. The molecule has 1 aromatic rings. The molecule has 2 heteroatoms. The van der Waals surface area contributed by atoms with Gasteiger partial charge in [-0.25, -0.2) is 0 Å². The minimum absolute atomic E-state index is 0.560. The molecule has 16 heavy (non-hydrogen) atoms. The van der Waals surface area contributed by atoms with E-state index in [0.717, 1.165) is 24.2 Å². The summed E-state index contributed by atoms with van der Waals surface area (Å²) in [6.07, 6.45) is 3.20. The highest BCUT2D eigenvalue weighted by atomic mass is 16.5. The normalized spacial score (nSPS) is 12.2. The molecule has 1 atom stereocenters. The largest absolute Gasteiger partial charge is 0.493 e. The first-order valence-electron chi connectivity index (χ1n) is 5.86. The summed E-state index contributed by atoms with van der Waals surface area (Å²) >= 11 is 0. The van der Waals surface area contributed by atoms with Gasteiger partial charge in [0.1, 0.15) is 12.0 Å². The molecule has 1 unspecified atom stereocenters. The minimum atomic E-state index is 0.560. The van der Waals surface area contributed by atoms with Gasteiger partial charge in [-0.1, -0.05) is 32.4 Å². The Morgan fingerprint density at radius 3 is 2.81 bits per heavy atom. The van der Waals surface area contributed by atoms with Gasteiger partial charge in [0.15, 0.2) is 0 Å². The lowest BCUT2D eigenvalue weighted by Gasteiger charge is -2.14. The molecule has 0 aliphatic heterocycles. The fraction of sp³-hybridized carbons (Fsp3) is 0.500. The molecule has 0 N–H and O–H groups in total. The van der Waals surface area contributed by atoms with Crippen LogP contribution in [0.5, 0.6) is 5.75 Å². The summed E-state index contributed by atoms with van der Waals surface area (Å²) < 4.78 is 5.73. The van der Waals surface area contributed by atoms with Gasteiger partial charge in [-0.3, -0.25) is 4.79 Å². The molecule has 0 aliphatic rings. The van der Waals surface area contributed by atoms with Crippen LogP contribution in [0.4, 0.5) is 0 Å². The first-order chi connectivity index (χ1) is 7.67. The van der Waals surface area contributed by atoms with Crippen molar-refractivity contribution in [3.05, 3.63) is 29.3 Å². The molecule has 1 aromatic carbocycles. The summed E-state index contributed by atoms with van der Waals surface area (Å²) in [5.74, 6) is 1.39. The van der Waals surface area contributed by atoms with Gasteiger partial charge >= 0.3 is 0 Å². The fourth-order valence-electron chi connectivity index (χ4n) is 1.65. The van der Waals surface area contributed by atoms with Crippen LogP contribution in [0.3, 0.4) is 0 Å². The third kappa shape index (κ3) is 3.69. The summed E-state index contributed by atoms with van der Waals surface area (Å²) in [7, 11) is 0. The highest BCUT2D eigenvalue weighted by Gasteiger charge is 2.05. The quantitative estimate of drug-likeness (QED) is 0.684. The monoisotopic (exact) mass is 220 g/mol. The lowest BCUT2D eigenvalue weighted by Crippen LogP contribution is -2.09. The molecule has 0 saturated heterocycles. The van der Waals surface area contributed by atoms with Crippen LogP contribution < -0.4 is 4.74 Å². The number of aryl methyl sites for hydroxylation is 1. The van der Waals surface area contributed by atoms with Crippen LogP contribution in [0.1, 0.15) is 42.6 Å². The van der Waals surface area contributed by atoms with E-state index in [-0.39, 0.29) is 0 Å². The topological polar surface area (TPSA) is 26.3 Å². The van der Waals surface area contributed by atoms with Crippen molar-refractivity contribution >= 4 is 6.29 Å². The molecule has 0 saturated carbocycles. The van der Waals surface area contributed by atoms with Gasteiger partial charge in [0.2, 0.25) is 0 Å². The predicted octanol–water partition coefficient (Wildman–Crippen LogP) is 3.62. The maximum absolute atomic E-state index is 10.7. The Labute approximate surface area is 97.6 Å². The van der Waals surface area contributed by atoms with E-state index >= 15 is 0 Å². The van der Waals surface area contributed by atoms with Crippen molar-refractivity contribution in [2.24, 2.45) is 5.92 Å². The average molecular weight is 220 g/mol. The lowest BCUT2D eigenvalue weighted by atomic mass is 10.1. The van der Waals surface area contributed by atoms with Crippen molar-refractivity contribution < 1.29 is 9.53 Å². The van der Waals surface area contributed by atoms with Crippen LogP contribution in [-0.2, 0) is 0 Å². The predicted molar refractivity (Wildman–Crippen MR) is 66.1 cm³/mol. The van der Waals surface area contributed by atoms with E-state index in [2.05, 4.69) is 13.8 Å². The number of ether oxygens (including phenoxy) is 1. The Morgan fingerprint density at radius 2 is 2.19 bits per heavy atom. The van der Waals surface area contributed by atoms with E-state index < -0.39 is 0 Å². The van der Waals surface area contributed by atoms with Crippen LogP contribution in [0, 0.1) is 12.8 Å². The maximum atomic E-state index is 10.7. The number of carbonyl (C=O) groups excluding carboxylic acids is 1. The van der Waals surface area contributed by atoms with Crippen molar-refractivity contribution in [1.82, 2.24) is 0 Å². The summed E-state index contributed by atoms with van der Waals surface area (Å²) in [4.78, 5) is 10.7. The van der Waals surface area contributed by atoms with Crippen molar-refractivity contribution in [1.29, 1.82) is 0 Å². The van der Waals surface area contributed by atoms with E-state index in [4.69, 9.17) is 4.74 Å². The third-order valence-electron chi connectivity index (χ3n) is 2.65. The zero-order chi connectivity index (χ0) is 12.0. The highest BCUT2D eigenvalue weighted by molar-refractivity contribution is 5.75. The zero-order valence-corrected chi connectivity index (χ0v) is 10.3. The Bertz CT molecular complexity index is 345. The second kappa shape index (κ2) is 6.31. The van der Waals surface area contributed by atoms with Crippen LogP contribution >= 0.6 is 0 Å². The Hall–Kier alpha value is -1.31. The Kier molecular flexibility index (Phi) is 5.03. The molecule has 0 fully saturated rings. The van der Waals surface area contributed by atoms with Gasteiger partial charge in [0.05, 0.1) is 6.61 Å². The van der Waals surface area contributed by atoms with E-state index in [1.165, 1.54) is 12.8 Å². The van der Waals surface area contributed by atoms with Gasteiger partial charge in [-0.15, -0.1) is 0 Å². The van der Waals surface area contributed by atoms with Crippen molar-refractivity contribution in [3.63, 3.8) is 0 Å². The van der Waals surface area contributed by atoms with E-state index in [1.54, 1.807) is 6.07 Å². The minimum Gasteiger partial charge on any atom is -0.493 e. The summed E-state index contributed by atoms with van der Waals surface area (Å²) in [5, 5.41) is 0. The fourth-order valence-corrected chi connectivity index (χ4v) is 1.65. The van der Waals surface area contributed by atoms with Gasteiger partial charge in [-0.05, 0) is 30.9 Å². The lowest BCUT2D eigenvalue weighted by molar-refractivity contribution is 0.112. The molecule has 1 rings (SSSR count). The van der Waals surface area contributed by atoms with Crippen molar-refractivity contribution in [2.75, 3.05) is 6.61 Å². The Morgan fingerprint density at radius 1 is 1.44 bits per heavy atom. The molecule has 2 nitrogen and oxygen atoms in total. The van der Waals surface area contributed by atoms with Crippen LogP contribution in [0.25, 0.3) is 0 Å². The van der Waals surface area contributed by atoms with Crippen molar-refractivity contribution in [3.8, 4) is 5.75 Å². The molecule has 0 aliphatic carbocycles. The molecule has 0 heterocycles. The molecule has 0 amide bonds. The number of hydrogen-bond donors (Lipinski definition) is 0. The van der Waals surface area contributed by atoms with Gasteiger partial charge in [0, 0.05) is 5.56 Å². The van der Waals surface area contributed by atoms with Gasteiger partial charge < -0.3 is 4.74 Å². The standard InChI is InChI=1S/C14H20O2/c1-4-5-11(2)10-16-14-8-13(9-15)7-6-12(14)3/h6-9,11H,4-5,10H2,1-3H3.